The number of ether oxygens (including phenoxy) is 1. The zero-order valence-corrected chi connectivity index (χ0v) is 17.3. The first-order chi connectivity index (χ1) is 15.2. The van der Waals surface area contributed by atoms with Gasteiger partial charge in [-0.05, 0) is 54.4 Å². The molecular formula is C26H23N3O2. The lowest BCUT2D eigenvalue weighted by molar-refractivity contribution is 0.199. The Bertz CT molecular complexity index is 1170. The van der Waals surface area contributed by atoms with Crippen LogP contribution in [0.1, 0.15) is 40.8 Å². The van der Waals surface area contributed by atoms with E-state index in [0.29, 0.717) is 13.2 Å². The first kappa shape index (κ1) is 20.4. The topological polar surface area (TPSA) is 60.2 Å². The molecule has 1 unspecified atom stereocenters. The van der Waals surface area contributed by atoms with Crippen molar-refractivity contribution < 1.29 is 9.84 Å². The average molecular weight is 409 g/mol. The van der Waals surface area contributed by atoms with Crippen LogP contribution in [0.3, 0.4) is 0 Å². The van der Waals surface area contributed by atoms with E-state index in [1.54, 1.807) is 25.5 Å². The van der Waals surface area contributed by atoms with Crippen molar-refractivity contribution >= 4 is 0 Å². The molecule has 5 heteroatoms. The molecule has 2 heterocycles. The maximum Gasteiger partial charge on any atom is 0.119 e. The Morgan fingerprint density at radius 2 is 1.68 bits per heavy atom. The molecule has 0 radical (unpaired) electrons. The Hall–Kier alpha value is -3.88. The fraction of sp³-hybridized carbons (Fsp3) is 0.154. The fourth-order valence-corrected chi connectivity index (χ4v) is 2.99. The van der Waals surface area contributed by atoms with Crippen LogP contribution in [0.25, 0.3) is 0 Å². The van der Waals surface area contributed by atoms with Gasteiger partial charge in [0.2, 0.25) is 0 Å². The van der Waals surface area contributed by atoms with Gasteiger partial charge >= 0.3 is 0 Å². The highest BCUT2D eigenvalue weighted by molar-refractivity contribution is 5.43. The molecule has 0 aliphatic rings. The molecule has 0 spiro atoms. The van der Waals surface area contributed by atoms with Gasteiger partial charge in [0.15, 0.2) is 0 Å². The highest BCUT2D eigenvalue weighted by atomic mass is 16.5. The third-order valence-corrected chi connectivity index (χ3v) is 4.78. The van der Waals surface area contributed by atoms with Crippen LogP contribution in [0.2, 0.25) is 0 Å². The number of rotatable bonds is 6. The van der Waals surface area contributed by atoms with Crippen LogP contribution in [0.15, 0.2) is 85.5 Å². The van der Waals surface area contributed by atoms with E-state index in [9.17, 15) is 5.11 Å². The van der Waals surface area contributed by atoms with E-state index in [0.717, 1.165) is 33.6 Å². The zero-order chi connectivity index (χ0) is 21.5. The van der Waals surface area contributed by atoms with E-state index < -0.39 is 6.10 Å². The van der Waals surface area contributed by atoms with Gasteiger partial charge in [-0.1, -0.05) is 36.1 Å². The first-order valence-corrected chi connectivity index (χ1v) is 10.1. The maximum absolute atomic E-state index is 9.61. The van der Waals surface area contributed by atoms with E-state index in [2.05, 4.69) is 46.2 Å². The third kappa shape index (κ3) is 5.81. The standard InChI is InChI=1S/C26H23N3O2/c1-20(30)25-16-28-29(18-25)17-23-6-8-24(9-7-23)19-31-26-12-10-21(11-13-26)4-5-22-3-2-14-27-15-22/h2-3,6-16,18,20,30H,17,19H2,1H3. The lowest BCUT2D eigenvalue weighted by Crippen LogP contribution is -2.01. The molecule has 2 aromatic carbocycles. The molecule has 31 heavy (non-hydrogen) atoms. The molecule has 0 bridgehead atoms. The molecule has 0 aliphatic heterocycles. The molecule has 0 saturated heterocycles. The quantitative estimate of drug-likeness (QED) is 0.481. The summed E-state index contributed by atoms with van der Waals surface area (Å²) >= 11 is 0. The summed E-state index contributed by atoms with van der Waals surface area (Å²) in [6, 6.07) is 19.8. The Kier molecular flexibility index (Phi) is 6.41. The van der Waals surface area contributed by atoms with Crippen LogP contribution in [-0.4, -0.2) is 19.9 Å². The molecular weight excluding hydrogens is 386 g/mol. The van der Waals surface area contributed by atoms with Crippen molar-refractivity contribution in [3.05, 3.63) is 113 Å². The molecule has 5 nitrogen and oxygen atoms in total. The lowest BCUT2D eigenvalue weighted by Gasteiger charge is -2.08. The third-order valence-electron chi connectivity index (χ3n) is 4.78. The van der Waals surface area contributed by atoms with Crippen LogP contribution in [0, 0.1) is 11.8 Å². The Labute approximate surface area is 182 Å². The monoisotopic (exact) mass is 409 g/mol. The summed E-state index contributed by atoms with van der Waals surface area (Å²) in [5, 5.41) is 13.9. The molecule has 0 saturated carbocycles. The van der Waals surface area contributed by atoms with Crippen LogP contribution in [0.5, 0.6) is 5.75 Å². The molecule has 4 aromatic rings. The number of pyridine rings is 1. The van der Waals surface area contributed by atoms with Gasteiger partial charge in [-0.2, -0.15) is 5.10 Å². The average Bonchev–Trinajstić information content (AvgIpc) is 3.28. The molecule has 0 aliphatic carbocycles. The highest BCUT2D eigenvalue weighted by Crippen LogP contribution is 2.15. The van der Waals surface area contributed by atoms with Crippen LogP contribution < -0.4 is 4.74 Å². The first-order valence-electron chi connectivity index (χ1n) is 10.1. The molecule has 2 aromatic heterocycles. The minimum absolute atomic E-state index is 0.495. The van der Waals surface area contributed by atoms with Crippen molar-refractivity contribution in [3.8, 4) is 17.6 Å². The molecule has 0 amide bonds. The van der Waals surface area contributed by atoms with Crippen LogP contribution in [0.4, 0.5) is 0 Å². The molecule has 0 fully saturated rings. The van der Waals surface area contributed by atoms with Gasteiger partial charge in [0, 0.05) is 35.3 Å². The summed E-state index contributed by atoms with van der Waals surface area (Å²) in [5.41, 5.74) is 4.87. The van der Waals surface area contributed by atoms with E-state index in [1.807, 2.05) is 47.3 Å². The minimum atomic E-state index is -0.504. The van der Waals surface area contributed by atoms with E-state index in [4.69, 9.17) is 4.74 Å². The van der Waals surface area contributed by atoms with Gasteiger partial charge in [-0.3, -0.25) is 9.67 Å². The summed E-state index contributed by atoms with van der Waals surface area (Å²) < 4.78 is 7.72. The van der Waals surface area contributed by atoms with Crippen molar-refractivity contribution in [1.29, 1.82) is 0 Å². The van der Waals surface area contributed by atoms with Gasteiger partial charge in [0.1, 0.15) is 12.4 Å². The maximum atomic E-state index is 9.61. The predicted octanol–water partition coefficient (Wildman–Crippen LogP) is 4.36. The van der Waals surface area contributed by atoms with Crippen LogP contribution >= 0.6 is 0 Å². The van der Waals surface area contributed by atoms with Gasteiger partial charge in [-0.15, -0.1) is 0 Å². The highest BCUT2D eigenvalue weighted by Gasteiger charge is 2.05. The summed E-state index contributed by atoms with van der Waals surface area (Å²) in [7, 11) is 0. The predicted molar refractivity (Wildman–Crippen MR) is 119 cm³/mol. The largest absolute Gasteiger partial charge is 0.489 e. The van der Waals surface area contributed by atoms with E-state index in [1.165, 1.54) is 0 Å². The Balaban J connectivity index is 1.30. The van der Waals surface area contributed by atoms with Crippen molar-refractivity contribution in [2.45, 2.75) is 26.2 Å². The minimum Gasteiger partial charge on any atom is -0.489 e. The second-order valence-electron chi connectivity index (χ2n) is 7.27. The number of aromatic nitrogens is 3. The van der Waals surface area contributed by atoms with Crippen LogP contribution in [-0.2, 0) is 13.2 Å². The molecule has 1 atom stereocenters. The smallest absolute Gasteiger partial charge is 0.119 e. The van der Waals surface area contributed by atoms with Crippen molar-refractivity contribution in [3.63, 3.8) is 0 Å². The van der Waals surface area contributed by atoms with Crippen molar-refractivity contribution in [1.82, 2.24) is 14.8 Å². The Morgan fingerprint density at radius 3 is 2.35 bits per heavy atom. The second-order valence-corrected chi connectivity index (χ2v) is 7.27. The fourth-order valence-electron chi connectivity index (χ4n) is 2.99. The Morgan fingerprint density at radius 1 is 0.935 bits per heavy atom. The SMILES string of the molecule is CC(O)c1cnn(Cc2ccc(COc3ccc(C#Cc4cccnc4)cc3)cc2)c1. The number of aliphatic hydroxyl groups excluding tert-OH is 1. The lowest BCUT2D eigenvalue weighted by atomic mass is 10.1. The summed E-state index contributed by atoms with van der Waals surface area (Å²) in [6.07, 6.45) is 6.54. The normalized spacial score (nSPS) is 11.4. The summed E-state index contributed by atoms with van der Waals surface area (Å²) in [4.78, 5) is 4.06. The summed E-state index contributed by atoms with van der Waals surface area (Å²) in [5.74, 6) is 7.03. The number of hydrogen-bond acceptors (Lipinski definition) is 4. The van der Waals surface area contributed by atoms with Gasteiger partial charge in [-0.25, -0.2) is 0 Å². The van der Waals surface area contributed by atoms with Gasteiger partial charge in [0.25, 0.3) is 0 Å². The molecule has 1 N–H and O–H groups in total. The summed E-state index contributed by atoms with van der Waals surface area (Å²) in [6.45, 7) is 2.89. The van der Waals surface area contributed by atoms with E-state index in [-0.39, 0.29) is 0 Å². The molecule has 154 valence electrons. The van der Waals surface area contributed by atoms with Crippen molar-refractivity contribution in [2.24, 2.45) is 0 Å². The van der Waals surface area contributed by atoms with Crippen molar-refractivity contribution in [2.75, 3.05) is 0 Å². The zero-order valence-electron chi connectivity index (χ0n) is 17.3. The second kappa shape index (κ2) is 9.75. The number of aliphatic hydroxyl groups is 1. The van der Waals surface area contributed by atoms with Gasteiger partial charge in [0.05, 0.1) is 18.8 Å². The van der Waals surface area contributed by atoms with E-state index >= 15 is 0 Å². The number of benzene rings is 2. The number of hydrogen-bond donors (Lipinski definition) is 1. The van der Waals surface area contributed by atoms with Gasteiger partial charge < -0.3 is 9.84 Å². The number of nitrogens with zero attached hydrogens (tertiary/aromatic N) is 3. The molecule has 4 rings (SSSR count).